The average molecular weight is 721 g/mol. The lowest BCUT2D eigenvalue weighted by Crippen LogP contribution is -2.16. The van der Waals surface area contributed by atoms with Crippen LogP contribution in [-0.2, 0) is 5.41 Å². The van der Waals surface area contributed by atoms with E-state index in [1.54, 1.807) is 0 Å². The van der Waals surface area contributed by atoms with Gasteiger partial charge in [-0.3, -0.25) is 4.98 Å². The Bertz CT molecular complexity index is 2910. The van der Waals surface area contributed by atoms with Gasteiger partial charge in [0.05, 0.1) is 22.4 Å². The molecule has 10 rings (SSSR count). The van der Waals surface area contributed by atoms with Crippen LogP contribution in [0.3, 0.4) is 0 Å². The number of fused-ring (bicyclic) bond motifs is 6. The minimum absolute atomic E-state index is 0.130. The molecule has 0 fully saturated rings. The minimum Gasteiger partial charge on any atom is -0.353 e. The van der Waals surface area contributed by atoms with Crippen molar-refractivity contribution < 1.29 is 0 Å². The molecule has 7 aromatic carbocycles. The molecule has 0 saturated carbocycles. The molecule has 0 atom stereocenters. The van der Waals surface area contributed by atoms with Gasteiger partial charge in [-0.2, -0.15) is 0 Å². The predicted molar refractivity (Wildman–Crippen MR) is 236 cm³/mol. The van der Waals surface area contributed by atoms with Crippen molar-refractivity contribution in [3.05, 3.63) is 205 Å². The lowest BCUT2D eigenvalue weighted by molar-refractivity contribution is 0.660. The highest BCUT2D eigenvalue weighted by Crippen LogP contribution is 2.51. The number of benzene rings is 7. The Labute approximate surface area is 327 Å². The molecule has 1 N–H and O–H groups in total. The molecule has 0 aliphatic heterocycles. The molecule has 4 nitrogen and oxygen atoms in total. The molecule has 268 valence electrons. The van der Waals surface area contributed by atoms with Crippen LogP contribution < -0.4 is 10.2 Å². The third-order valence-electron chi connectivity index (χ3n) is 11.4. The third-order valence-corrected chi connectivity index (χ3v) is 11.4. The highest BCUT2D eigenvalue weighted by Gasteiger charge is 2.35. The second kappa shape index (κ2) is 13.3. The first-order valence-corrected chi connectivity index (χ1v) is 19.2. The summed E-state index contributed by atoms with van der Waals surface area (Å²) in [5.74, 6) is 0. The molecule has 2 aromatic heterocycles. The number of nitrogens with zero attached hydrogens (tertiary/aromatic N) is 3. The Kier molecular flexibility index (Phi) is 7.93. The number of hydrogen-bond donors (Lipinski definition) is 1. The zero-order chi connectivity index (χ0) is 37.8. The number of anilines is 5. The normalized spacial score (nSPS) is 12.7. The topological polar surface area (TPSA) is 33.1 Å². The summed E-state index contributed by atoms with van der Waals surface area (Å²) in [5, 5.41) is 6.10. The van der Waals surface area contributed by atoms with Gasteiger partial charge in [-0.25, -0.2) is 0 Å². The SMILES string of the molecule is C=Cc1ccc2c3cc(N(c4ccc(-c5ccccn5)cc4)c4ccc5c(c4)C(C)(C)c4ccccc4-5)ccc3n(-c3ccccc3)c2c1Nc1ccccc1. The third kappa shape index (κ3) is 5.41. The van der Waals surface area contributed by atoms with Crippen LogP contribution >= 0.6 is 0 Å². The van der Waals surface area contributed by atoms with E-state index in [0.29, 0.717) is 0 Å². The molecular weight excluding hydrogens is 681 g/mol. The smallest absolute Gasteiger partial charge is 0.0782 e. The van der Waals surface area contributed by atoms with E-state index in [0.717, 1.165) is 72.8 Å². The lowest BCUT2D eigenvalue weighted by atomic mass is 9.82. The van der Waals surface area contributed by atoms with Crippen molar-refractivity contribution in [1.82, 2.24) is 9.55 Å². The zero-order valence-corrected chi connectivity index (χ0v) is 31.4. The summed E-state index contributed by atoms with van der Waals surface area (Å²) in [7, 11) is 0. The number of hydrogen-bond acceptors (Lipinski definition) is 3. The maximum atomic E-state index is 4.62. The Balaban J connectivity index is 1.20. The largest absolute Gasteiger partial charge is 0.353 e. The fraction of sp³-hybridized carbons (Fsp3) is 0.0577. The van der Waals surface area contributed by atoms with E-state index < -0.39 is 0 Å². The van der Waals surface area contributed by atoms with Gasteiger partial charge in [0.15, 0.2) is 0 Å². The van der Waals surface area contributed by atoms with Gasteiger partial charge < -0.3 is 14.8 Å². The Morgan fingerprint density at radius 1 is 0.607 bits per heavy atom. The fourth-order valence-corrected chi connectivity index (χ4v) is 8.66. The molecule has 2 heterocycles. The highest BCUT2D eigenvalue weighted by atomic mass is 15.1. The number of pyridine rings is 1. The number of nitrogens with one attached hydrogen (secondary N) is 1. The number of para-hydroxylation sites is 2. The van der Waals surface area contributed by atoms with E-state index in [9.17, 15) is 0 Å². The molecule has 1 aliphatic carbocycles. The first kappa shape index (κ1) is 33.4. The average Bonchev–Trinajstić information content (AvgIpc) is 3.70. The van der Waals surface area contributed by atoms with Gasteiger partial charge in [-0.15, -0.1) is 0 Å². The van der Waals surface area contributed by atoms with Gasteiger partial charge in [0, 0.05) is 56.4 Å². The monoisotopic (exact) mass is 720 g/mol. The molecule has 0 saturated heterocycles. The second-order valence-electron chi connectivity index (χ2n) is 15.0. The summed E-state index contributed by atoms with van der Waals surface area (Å²) in [4.78, 5) is 7.02. The molecule has 4 heteroatoms. The van der Waals surface area contributed by atoms with Crippen LogP contribution in [0.4, 0.5) is 28.4 Å². The molecule has 9 aromatic rings. The van der Waals surface area contributed by atoms with E-state index in [1.165, 1.54) is 22.3 Å². The van der Waals surface area contributed by atoms with E-state index in [2.05, 4.69) is 198 Å². The zero-order valence-electron chi connectivity index (χ0n) is 31.4. The quantitative estimate of drug-likeness (QED) is 0.170. The van der Waals surface area contributed by atoms with Crippen LogP contribution in [0.2, 0.25) is 0 Å². The van der Waals surface area contributed by atoms with Gasteiger partial charge in [0.25, 0.3) is 0 Å². The number of aromatic nitrogens is 2. The second-order valence-corrected chi connectivity index (χ2v) is 15.0. The minimum atomic E-state index is -0.130. The molecular formula is C52H40N4. The van der Waals surface area contributed by atoms with Crippen molar-refractivity contribution in [3.8, 4) is 28.1 Å². The molecule has 56 heavy (non-hydrogen) atoms. The van der Waals surface area contributed by atoms with Gasteiger partial charge in [-0.05, 0) is 107 Å². The van der Waals surface area contributed by atoms with E-state index in [4.69, 9.17) is 0 Å². The van der Waals surface area contributed by atoms with Crippen LogP contribution in [0.1, 0.15) is 30.5 Å². The Morgan fingerprint density at radius 2 is 1.29 bits per heavy atom. The van der Waals surface area contributed by atoms with Crippen molar-refractivity contribution in [2.45, 2.75) is 19.3 Å². The summed E-state index contributed by atoms with van der Waals surface area (Å²) in [6, 6.07) is 63.0. The van der Waals surface area contributed by atoms with E-state index >= 15 is 0 Å². The lowest BCUT2D eigenvalue weighted by Gasteiger charge is -2.28. The molecule has 0 radical (unpaired) electrons. The molecule has 0 unspecified atom stereocenters. The molecule has 0 amide bonds. The van der Waals surface area contributed by atoms with Crippen LogP contribution in [0.25, 0.3) is 56.0 Å². The summed E-state index contributed by atoms with van der Waals surface area (Å²) >= 11 is 0. The Morgan fingerprint density at radius 3 is 2.05 bits per heavy atom. The summed E-state index contributed by atoms with van der Waals surface area (Å²) in [6.45, 7) is 8.90. The van der Waals surface area contributed by atoms with Crippen molar-refractivity contribution in [2.24, 2.45) is 0 Å². The van der Waals surface area contributed by atoms with Crippen LogP contribution in [0.5, 0.6) is 0 Å². The summed E-state index contributed by atoms with van der Waals surface area (Å²) in [5.41, 5.74) is 16.9. The van der Waals surface area contributed by atoms with Gasteiger partial charge in [-0.1, -0.05) is 124 Å². The van der Waals surface area contributed by atoms with Crippen molar-refractivity contribution >= 4 is 56.3 Å². The van der Waals surface area contributed by atoms with Crippen LogP contribution in [0, 0.1) is 0 Å². The van der Waals surface area contributed by atoms with Crippen molar-refractivity contribution in [3.63, 3.8) is 0 Å². The van der Waals surface area contributed by atoms with Crippen LogP contribution in [-0.4, -0.2) is 9.55 Å². The summed E-state index contributed by atoms with van der Waals surface area (Å²) < 4.78 is 2.38. The maximum Gasteiger partial charge on any atom is 0.0782 e. The first-order chi connectivity index (χ1) is 27.5. The molecule has 0 bridgehead atoms. The number of rotatable bonds is 8. The highest BCUT2D eigenvalue weighted by molar-refractivity contribution is 6.16. The summed E-state index contributed by atoms with van der Waals surface area (Å²) in [6.07, 6.45) is 3.78. The van der Waals surface area contributed by atoms with E-state index in [-0.39, 0.29) is 5.41 Å². The Hall–Kier alpha value is -7.17. The van der Waals surface area contributed by atoms with Crippen molar-refractivity contribution in [2.75, 3.05) is 10.2 Å². The fourth-order valence-electron chi connectivity index (χ4n) is 8.66. The van der Waals surface area contributed by atoms with Crippen LogP contribution in [0.15, 0.2) is 189 Å². The van der Waals surface area contributed by atoms with E-state index in [1.807, 2.05) is 30.5 Å². The van der Waals surface area contributed by atoms with Gasteiger partial charge in [0.2, 0.25) is 0 Å². The van der Waals surface area contributed by atoms with Crippen molar-refractivity contribution in [1.29, 1.82) is 0 Å². The predicted octanol–water partition coefficient (Wildman–Crippen LogP) is 14.0. The first-order valence-electron chi connectivity index (χ1n) is 19.2. The maximum absolute atomic E-state index is 4.62. The molecule has 1 aliphatic rings. The van der Waals surface area contributed by atoms with Gasteiger partial charge >= 0.3 is 0 Å². The molecule has 0 spiro atoms. The standard InChI is InChI=1S/C52H40N4/c1-4-35-24-29-44-45-33-40(28-31-49(45)56(38-17-9-6-10-18-38)51(44)50(35)54-37-15-7-5-8-16-37)55(39-25-22-36(23-26-39)48-21-13-14-32-53-48)41-27-30-43-42-19-11-12-20-46(42)52(2,3)47(43)34-41/h4-34,54H,1H2,2-3H3. The van der Waals surface area contributed by atoms with Gasteiger partial charge in [0.1, 0.15) is 0 Å².